The average Bonchev–Trinajstić information content (AvgIpc) is 3.03. The summed E-state index contributed by atoms with van der Waals surface area (Å²) in [4.78, 5) is 14.3. The first-order valence-electron chi connectivity index (χ1n) is 6.58. The van der Waals surface area contributed by atoms with Crippen molar-refractivity contribution >= 4 is 17.7 Å². The van der Waals surface area contributed by atoms with Gasteiger partial charge in [0, 0.05) is 23.8 Å². The summed E-state index contributed by atoms with van der Waals surface area (Å²) < 4.78 is 1.62. The number of nitrogens with one attached hydrogen (secondary N) is 1. The second-order valence-corrected chi connectivity index (χ2v) is 5.18. The van der Waals surface area contributed by atoms with Gasteiger partial charge in [-0.05, 0) is 36.9 Å². The number of hydrogen-bond donors (Lipinski definition) is 1. The van der Waals surface area contributed by atoms with Gasteiger partial charge in [-0.25, -0.2) is 4.68 Å². The zero-order chi connectivity index (χ0) is 14.5. The molecule has 106 valence electrons. The largest absolute Gasteiger partial charge is 0.354 e. The second-order valence-electron chi connectivity index (χ2n) is 4.14. The molecule has 0 saturated heterocycles. The Kier molecular flexibility index (Phi) is 4.11. The van der Waals surface area contributed by atoms with Gasteiger partial charge < -0.3 is 5.32 Å². The summed E-state index contributed by atoms with van der Waals surface area (Å²) in [6.07, 6.45) is 3.50. The minimum Gasteiger partial charge on any atom is -0.354 e. The van der Waals surface area contributed by atoms with Crippen molar-refractivity contribution in [3.8, 4) is 5.95 Å². The van der Waals surface area contributed by atoms with Crippen LogP contribution in [0.1, 0.15) is 6.92 Å². The molecule has 21 heavy (non-hydrogen) atoms. The summed E-state index contributed by atoms with van der Waals surface area (Å²) >= 11 is 1.50. The Bertz CT molecular complexity index is 699. The molecular formula is C14H14N6S. The topological polar surface area (TPSA) is 68.5 Å². The Morgan fingerprint density at radius 1 is 1.10 bits per heavy atom. The molecule has 0 spiro atoms. The van der Waals surface area contributed by atoms with Crippen LogP contribution in [-0.4, -0.2) is 31.3 Å². The van der Waals surface area contributed by atoms with E-state index in [9.17, 15) is 0 Å². The van der Waals surface area contributed by atoms with Gasteiger partial charge in [0.25, 0.3) is 5.95 Å². The van der Waals surface area contributed by atoms with E-state index >= 15 is 0 Å². The molecule has 1 N–H and O–H groups in total. The van der Waals surface area contributed by atoms with Gasteiger partial charge in [0.1, 0.15) is 0 Å². The van der Waals surface area contributed by atoms with Gasteiger partial charge in [-0.15, -0.1) is 0 Å². The molecule has 3 rings (SSSR count). The highest BCUT2D eigenvalue weighted by Crippen LogP contribution is 2.25. The van der Waals surface area contributed by atoms with Crippen molar-refractivity contribution in [3.63, 3.8) is 0 Å². The van der Waals surface area contributed by atoms with Crippen molar-refractivity contribution in [2.75, 3.05) is 11.9 Å². The maximum absolute atomic E-state index is 4.45. The van der Waals surface area contributed by atoms with E-state index in [2.05, 4.69) is 25.4 Å². The molecule has 0 aliphatic heterocycles. The Balaban J connectivity index is 1.95. The summed E-state index contributed by atoms with van der Waals surface area (Å²) in [5.74, 6) is 1.06. The fourth-order valence-corrected chi connectivity index (χ4v) is 2.48. The minimum absolute atomic E-state index is 0.504. The summed E-state index contributed by atoms with van der Waals surface area (Å²) in [6.45, 7) is 2.75. The highest BCUT2D eigenvalue weighted by molar-refractivity contribution is 7.99. The maximum atomic E-state index is 4.45. The lowest BCUT2D eigenvalue weighted by Gasteiger charge is -2.07. The first kappa shape index (κ1) is 13.6. The Morgan fingerprint density at radius 3 is 2.67 bits per heavy atom. The van der Waals surface area contributed by atoms with Crippen LogP contribution >= 0.6 is 11.8 Å². The van der Waals surface area contributed by atoms with E-state index in [1.54, 1.807) is 10.9 Å². The van der Waals surface area contributed by atoms with Crippen LogP contribution in [0.25, 0.3) is 5.95 Å². The van der Waals surface area contributed by atoms with Crippen LogP contribution in [-0.2, 0) is 0 Å². The third-order valence-corrected chi connectivity index (χ3v) is 3.47. The van der Waals surface area contributed by atoms with E-state index in [4.69, 9.17) is 0 Å². The van der Waals surface area contributed by atoms with Gasteiger partial charge in [-0.2, -0.15) is 20.1 Å². The average molecular weight is 298 g/mol. The molecule has 0 aliphatic carbocycles. The molecule has 2 aromatic heterocycles. The first-order chi connectivity index (χ1) is 10.3. The van der Waals surface area contributed by atoms with E-state index in [1.807, 2.05) is 49.5 Å². The molecule has 0 fully saturated rings. The number of rotatable bonds is 5. The smallest absolute Gasteiger partial charge is 0.256 e. The molecule has 7 heteroatoms. The number of hydrogen-bond acceptors (Lipinski definition) is 6. The standard InChI is InChI=1S/C14H14N6S/c1-2-15-12-17-13(20-10-6-9-16-20)19-14(18-12)21-11-7-4-3-5-8-11/h3-10H,2H2,1H3,(H,15,17,18,19). The van der Waals surface area contributed by atoms with Crippen molar-refractivity contribution < 1.29 is 0 Å². The predicted molar refractivity (Wildman–Crippen MR) is 81.7 cm³/mol. The van der Waals surface area contributed by atoms with Crippen LogP contribution < -0.4 is 5.32 Å². The van der Waals surface area contributed by atoms with Crippen LogP contribution in [0.3, 0.4) is 0 Å². The summed E-state index contributed by atoms with van der Waals surface area (Å²) in [5, 5.41) is 7.92. The number of aromatic nitrogens is 5. The minimum atomic E-state index is 0.504. The van der Waals surface area contributed by atoms with Crippen molar-refractivity contribution in [1.29, 1.82) is 0 Å². The second kappa shape index (κ2) is 6.36. The molecule has 0 unspecified atom stereocenters. The van der Waals surface area contributed by atoms with E-state index in [1.165, 1.54) is 11.8 Å². The van der Waals surface area contributed by atoms with E-state index < -0.39 is 0 Å². The third-order valence-electron chi connectivity index (χ3n) is 2.60. The Morgan fingerprint density at radius 2 is 1.95 bits per heavy atom. The molecule has 3 aromatic rings. The number of nitrogens with zero attached hydrogens (tertiary/aromatic N) is 5. The zero-order valence-electron chi connectivity index (χ0n) is 11.5. The molecule has 0 radical (unpaired) electrons. The normalized spacial score (nSPS) is 10.5. The Hall–Kier alpha value is -2.41. The van der Waals surface area contributed by atoms with Gasteiger partial charge in [0.05, 0.1) is 0 Å². The van der Waals surface area contributed by atoms with E-state index in [-0.39, 0.29) is 0 Å². The zero-order valence-corrected chi connectivity index (χ0v) is 12.3. The van der Waals surface area contributed by atoms with Gasteiger partial charge in [0.2, 0.25) is 5.95 Å². The molecule has 0 bridgehead atoms. The number of anilines is 1. The molecule has 0 saturated carbocycles. The maximum Gasteiger partial charge on any atom is 0.256 e. The molecule has 2 heterocycles. The van der Waals surface area contributed by atoms with E-state index in [0.717, 1.165) is 11.4 Å². The summed E-state index contributed by atoms with van der Waals surface area (Å²) in [6, 6.07) is 11.8. The fourth-order valence-electron chi connectivity index (χ4n) is 1.71. The van der Waals surface area contributed by atoms with Crippen LogP contribution in [0.2, 0.25) is 0 Å². The fraction of sp³-hybridized carbons (Fsp3) is 0.143. The van der Waals surface area contributed by atoms with Gasteiger partial charge in [0.15, 0.2) is 5.16 Å². The van der Waals surface area contributed by atoms with Crippen LogP contribution in [0, 0.1) is 0 Å². The highest BCUT2D eigenvalue weighted by Gasteiger charge is 2.09. The summed E-state index contributed by atoms with van der Waals surface area (Å²) in [5.41, 5.74) is 0. The predicted octanol–water partition coefficient (Wildman–Crippen LogP) is 2.64. The van der Waals surface area contributed by atoms with Crippen LogP contribution in [0.5, 0.6) is 0 Å². The molecule has 0 atom stereocenters. The van der Waals surface area contributed by atoms with Crippen molar-refractivity contribution in [3.05, 3.63) is 48.8 Å². The number of benzene rings is 1. The SMILES string of the molecule is CCNc1nc(Sc2ccccc2)nc(-n2cccn2)n1. The van der Waals surface area contributed by atoms with Crippen molar-refractivity contribution in [2.24, 2.45) is 0 Å². The van der Waals surface area contributed by atoms with Gasteiger partial charge in [-0.1, -0.05) is 18.2 Å². The van der Waals surface area contributed by atoms with Crippen LogP contribution in [0.4, 0.5) is 5.95 Å². The lowest BCUT2D eigenvalue weighted by molar-refractivity contribution is 0.760. The van der Waals surface area contributed by atoms with Gasteiger partial charge >= 0.3 is 0 Å². The molecule has 1 aromatic carbocycles. The molecule has 6 nitrogen and oxygen atoms in total. The molecular weight excluding hydrogens is 284 g/mol. The van der Waals surface area contributed by atoms with Crippen molar-refractivity contribution in [1.82, 2.24) is 24.7 Å². The third kappa shape index (κ3) is 3.38. The Labute approximate surface area is 126 Å². The summed E-state index contributed by atoms with van der Waals surface area (Å²) in [7, 11) is 0. The van der Waals surface area contributed by atoms with Gasteiger partial charge in [-0.3, -0.25) is 0 Å². The molecule has 0 aliphatic rings. The highest BCUT2D eigenvalue weighted by atomic mass is 32.2. The van der Waals surface area contributed by atoms with Crippen molar-refractivity contribution in [2.45, 2.75) is 17.0 Å². The molecule has 0 amide bonds. The lowest BCUT2D eigenvalue weighted by atomic mass is 10.4. The quantitative estimate of drug-likeness (QED) is 0.781. The monoisotopic (exact) mass is 298 g/mol. The van der Waals surface area contributed by atoms with E-state index in [0.29, 0.717) is 17.1 Å². The lowest BCUT2D eigenvalue weighted by Crippen LogP contribution is -2.09. The first-order valence-corrected chi connectivity index (χ1v) is 7.39. The van der Waals surface area contributed by atoms with Crippen LogP contribution in [0.15, 0.2) is 58.8 Å².